The number of aryl methyl sites for hydroxylation is 1. The predicted octanol–water partition coefficient (Wildman–Crippen LogP) is 3.45. The molecule has 0 bridgehead atoms. The minimum absolute atomic E-state index is 0.152. The molecule has 4 rings (SSSR count). The highest BCUT2D eigenvalue weighted by Crippen LogP contribution is 2.33. The maximum absolute atomic E-state index is 14.0. The van der Waals surface area contributed by atoms with Crippen molar-refractivity contribution in [2.45, 2.75) is 26.0 Å². The highest BCUT2D eigenvalue weighted by atomic mass is 19.1. The number of aliphatic hydroxyl groups is 1. The van der Waals surface area contributed by atoms with Gasteiger partial charge in [0.25, 0.3) is 5.91 Å². The van der Waals surface area contributed by atoms with Gasteiger partial charge in [-0.1, -0.05) is 12.1 Å². The van der Waals surface area contributed by atoms with Crippen molar-refractivity contribution in [2.24, 2.45) is 13.0 Å². The first-order valence-corrected chi connectivity index (χ1v) is 10.5. The number of carbonyl (C=O) groups excluding carboxylic acids is 1. The number of hydrogen-bond donors (Lipinski definition) is 2. The number of aromatic nitrogens is 2. The Morgan fingerprint density at radius 1 is 1.25 bits per heavy atom. The predicted molar refractivity (Wildman–Crippen MR) is 117 cm³/mol. The van der Waals surface area contributed by atoms with Crippen molar-refractivity contribution >= 4 is 5.91 Å². The van der Waals surface area contributed by atoms with Crippen molar-refractivity contribution in [2.75, 3.05) is 13.7 Å². The Morgan fingerprint density at radius 2 is 2.03 bits per heavy atom. The number of amides is 1. The zero-order valence-electron chi connectivity index (χ0n) is 18.1. The van der Waals surface area contributed by atoms with Gasteiger partial charge in [0.15, 0.2) is 11.6 Å². The lowest BCUT2D eigenvalue weighted by molar-refractivity contribution is 0.0946. The SMILES string of the molecule is COc1ccc(CNC(=O)c2cc(-c3cnn(C)c3CO)ccc2OCC2CC2)cc1F. The fraction of sp³-hybridized carbons (Fsp3) is 0.333. The van der Waals surface area contributed by atoms with Crippen LogP contribution in [0.1, 0.15) is 34.5 Å². The Morgan fingerprint density at radius 3 is 2.72 bits per heavy atom. The maximum atomic E-state index is 14.0. The summed E-state index contributed by atoms with van der Waals surface area (Å²) in [4.78, 5) is 13.1. The molecule has 2 aromatic carbocycles. The minimum Gasteiger partial charge on any atom is -0.494 e. The van der Waals surface area contributed by atoms with E-state index in [1.165, 1.54) is 19.2 Å². The van der Waals surface area contributed by atoms with Gasteiger partial charge in [-0.2, -0.15) is 5.10 Å². The smallest absolute Gasteiger partial charge is 0.255 e. The van der Waals surface area contributed by atoms with Crippen LogP contribution in [0.4, 0.5) is 4.39 Å². The number of rotatable bonds is 9. The highest BCUT2D eigenvalue weighted by Gasteiger charge is 2.24. The fourth-order valence-corrected chi connectivity index (χ4v) is 3.48. The molecule has 1 aliphatic carbocycles. The molecule has 3 aromatic rings. The van der Waals surface area contributed by atoms with Crippen LogP contribution in [0.5, 0.6) is 11.5 Å². The molecule has 0 unspecified atom stereocenters. The normalized spacial score (nSPS) is 13.1. The van der Waals surface area contributed by atoms with Gasteiger partial charge in [0.05, 0.1) is 37.8 Å². The van der Waals surface area contributed by atoms with Crippen molar-refractivity contribution in [3.63, 3.8) is 0 Å². The van der Waals surface area contributed by atoms with Crippen molar-refractivity contribution in [1.29, 1.82) is 0 Å². The first kappa shape index (κ1) is 21.8. The number of hydrogen-bond acceptors (Lipinski definition) is 5. The van der Waals surface area contributed by atoms with E-state index in [2.05, 4.69) is 10.4 Å². The molecule has 1 aliphatic rings. The summed E-state index contributed by atoms with van der Waals surface area (Å²) < 4.78 is 26.4. The molecule has 168 valence electrons. The van der Waals surface area contributed by atoms with Gasteiger partial charge in [-0.3, -0.25) is 9.48 Å². The fourth-order valence-electron chi connectivity index (χ4n) is 3.48. The Hall–Kier alpha value is -3.39. The van der Waals surface area contributed by atoms with Gasteiger partial charge >= 0.3 is 0 Å². The summed E-state index contributed by atoms with van der Waals surface area (Å²) in [6.45, 7) is 0.551. The van der Waals surface area contributed by atoms with Crippen LogP contribution in [0.15, 0.2) is 42.6 Å². The Kier molecular flexibility index (Phi) is 6.41. The lowest BCUT2D eigenvalue weighted by atomic mass is 10.0. The van der Waals surface area contributed by atoms with Gasteiger partial charge < -0.3 is 19.9 Å². The van der Waals surface area contributed by atoms with E-state index in [-0.39, 0.29) is 24.8 Å². The number of nitrogens with zero attached hydrogens (tertiary/aromatic N) is 2. The number of halogens is 1. The Bertz CT molecular complexity index is 1120. The molecular weight excluding hydrogens is 413 g/mol. The van der Waals surface area contributed by atoms with Gasteiger partial charge in [0.1, 0.15) is 5.75 Å². The topological polar surface area (TPSA) is 85.6 Å². The van der Waals surface area contributed by atoms with E-state index in [0.717, 1.165) is 24.0 Å². The maximum Gasteiger partial charge on any atom is 0.255 e. The van der Waals surface area contributed by atoms with E-state index < -0.39 is 5.82 Å². The molecule has 0 aliphatic heterocycles. The molecule has 1 saturated carbocycles. The van der Waals surface area contributed by atoms with Gasteiger partial charge in [0.2, 0.25) is 0 Å². The van der Waals surface area contributed by atoms with Gasteiger partial charge in [0, 0.05) is 19.2 Å². The lowest BCUT2D eigenvalue weighted by Crippen LogP contribution is -2.24. The standard InChI is InChI=1S/C24H26FN3O4/c1-28-21(13-29)19(12-27-28)17-6-8-22(32-14-15-3-4-15)18(10-17)24(30)26-11-16-5-7-23(31-2)20(25)9-16/h5-10,12,15,29H,3-4,11,13-14H2,1-2H3,(H,26,30). The van der Waals surface area contributed by atoms with E-state index in [1.54, 1.807) is 36.1 Å². The van der Waals surface area contributed by atoms with E-state index in [1.807, 2.05) is 6.07 Å². The van der Waals surface area contributed by atoms with Crippen molar-refractivity contribution in [1.82, 2.24) is 15.1 Å². The molecule has 1 heterocycles. The van der Waals surface area contributed by atoms with Crippen LogP contribution in [-0.2, 0) is 20.2 Å². The molecule has 2 N–H and O–H groups in total. The number of aliphatic hydroxyl groups excluding tert-OH is 1. The second-order valence-corrected chi connectivity index (χ2v) is 7.90. The molecular formula is C24H26FN3O4. The second-order valence-electron chi connectivity index (χ2n) is 7.90. The number of carbonyl (C=O) groups is 1. The van der Waals surface area contributed by atoms with Crippen LogP contribution in [0.3, 0.4) is 0 Å². The Balaban J connectivity index is 1.58. The summed E-state index contributed by atoms with van der Waals surface area (Å²) in [6, 6.07) is 9.93. The van der Waals surface area contributed by atoms with E-state index in [4.69, 9.17) is 9.47 Å². The number of ether oxygens (including phenoxy) is 2. The molecule has 1 aromatic heterocycles. The van der Waals surface area contributed by atoms with Crippen molar-refractivity contribution < 1.29 is 23.8 Å². The summed E-state index contributed by atoms with van der Waals surface area (Å²) in [5.41, 5.74) is 3.14. The van der Waals surface area contributed by atoms with Crippen LogP contribution in [-0.4, -0.2) is 34.5 Å². The molecule has 1 amide bonds. The summed E-state index contributed by atoms with van der Waals surface area (Å²) in [6.07, 6.45) is 3.93. The zero-order chi connectivity index (χ0) is 22.7. The second kappa shape index (κ2) is 9.40. The van der Waals surface area contributed by atoms with E-state index >= 15 is 0 Å². The summed E-state index contributed by atoms with van der Waals surface area (Å²) in [5.74, 6) is 0.367. The van der Waals surface area contributed by atoms with Crippen LogP contribution >= 0.6 is 0 Å². The largest absolute Gasteiger partial charge is 0.494 e. The third-order valence-corrected chi connectivity index (χ3v) is 5.59. The van der Waals surface area contributed by atoms with E-state index in [0.29, 0.717) is 35.1 Å². The third-order valence-electron chi connectivity index (χ3n) is 5.59. The average Bonchev–Trinajstić information content (AvgIpc) is 3.56. The van der Waals surface area contributed by atoms with Crippen LogP contribution in [0.2, 0.25) is 0 Å². The van der Waals surface area contributed by atoms with Crippen molar-refractivity contribution in [3.8, 4) is 22.6 Å². The van der Waals surface area contributed by atoms with Crippen LogP contribution in [0.25, 0.3) is 11.1 Å². The first-order chi connectivity index (χ1) is 15.5. The van der Waals surface area contributed by atoms with Crippen LogP contribution in [0, 0.1) is 11.7 Å². The molecule has 7 nitrogen and oxygen atoms in total. The molecule has 32 heavy (non-hydrogen) atoms. The molecule has 0 saturated heterocycles. The van der Waals surface area contributed by atoms with Crippen molar-refractivity contribution in [3.05, 3.63) is 65.2 Å². The van der Waals surface area contributed by atoms with Gasteiger partial charge in [-0.15, -0.1) is 0 Å². The third kappa shape index (κ3) is 4.75. The lowest BCUT2D eigenvalue weighted by Gasteiger charge is -2.14. The zero-order valence-corrected chi connectivity index (χ0v) is 18.1. The highest BCUT2D eigenvalue weighted by molar-refractivity contribution is 5.98. The summed E-state index contributed by atoms with van der Waals surface area (Å²) in [5, 5.41) is 16.7. The summed E-state index contributed by atoms with van der Waals surface area (Å²) in [7, 11) is 3.16. The molecule has 0 atom stereocenters. The Labute approximate surface area is 185 Å². The number of nitrogens with one attached hydrogen (secondary N) is 1. The molecule has 0 spiro atoms. The quantitative estimate of drug-likeness (QED) is 0.534. The number of benzene rings is 2. The average molecular weight is 439 g/mol. The van der Waals surface area contributed by atoms with E-state index in [9.17, 15) is 14.3 Å². The van der Waals surface area contributed by atoms with Crippen LogP contribution < -0.4 is 14.8 Å². The number of methoxy groups -OCH3 is 1. The molecule has 8 heteroatoms. The molecule has 0 radical (unpaired) electrons. The van der Waals surface area contributed by atoms with Gasteiger partial charge in [-0.25, -0.2) is 4.39 Å². The monoisotopic (exact) mass is 439 g/mol. The molecule has 1 fully saturated rings. The summed E-state index contributed by atoms with van der Waals surface area (Å²) >= 11 is 0. The van der Waals surface area contributed by atoms with Gasteiger partial charge in [-0.05, 0) is 54.2 Å². The minimum atomic E-state index is -0.484. The first-order valence-electron chi connectivity index (χ1n) is 10.5.